The largest absolute Gasteiger partial charge is 0.303 e. The Balaban J connectivity index is 2.77. The molecule has 0 saturated heterocycles. The number of aromatic nitrogens is 1. The molecule has 0 N–H and O–H groups in total. The molecule has 1 heterocycles. The fourth-order valence-electron chi connectivity index (χ4n) is 0.790. The van der Waals surface area contributed by atoms with E-state index in [1.54, 1.807) is 12.4 Å². The number of nitrogens with zero attached hydrogens (tertiary/aromatic N) is 1. The molecule has 2 nitrogen and oxygen atoms in total. The number of carbonyl (C=O) groups is 1. The van der Waals surface area contributed by atoms with Crippen LogP contribution in [0.2, 0.25) is 0 Å². The molecule has 1 aromatic heterocycles. The van der Waals surface area contributed by atoms with Crippen LogP contribution in [0, 0.1) is 0 Å². The fourth-order valence-corrected chi connectivity index (χ4v) is 0.790. The van der Waals surface area contributed by atoms with Gasteiger partial charge in [-0.15, -0.1) is 0 Å². The molecule has 2 heteroatoms. The lowest BCUT2D eigenvalue weighted by Crippen LogP contribution is -1.84. The minimum Gasteiger partial charge on any atom is -0.303 e. The summed E-state index contributed by atoms with van der Waals surface area (Å²) in [4.78, 5) is 14.0. The Morgan fingerprint density at radius 1 is 1.73 bits per heavy atom. The van der Waals surface area contributed by atoms with Crippen LogP contribution in [0.4, 0.5) is 0 Å². The van der Waals surface area contributed by atoms with Gasteiger partial charge in [0.25, 0.3) is 0 Å². The lowest BCUT2D eigenvalue weighted by atomic mass is 10.1. The smallest absolute Gasteiger partial charge is 0.124 e. The van der Waals surface area contributed by atoms with E-state index in [0.29, 0.717) is 6.42 Å². The third-order valence-electron chi connectivity index (χ3n) is 1.40. The van der Waals surface area contributed by atoms with Gasteiger partial charge >= 0.3 is 0 Å². The van der Waals surface area contributed by atoms with Crippen molar-refractivity contribution in [3.63, 3.8) is 0 Å². The molecule has 11 heavy (non-hydrogen) atoms. The maximum Gasteiger partial charge on any atom is 0.124 e. The Labute approximate surface area is 65.6 Å². The normalized spacial score (nSPS) is 9.09. The zero-order valence-corrected chi connectivity index (χ0v) is 6.16. The number of allylic oxidation sites excluding steroid dienone is 1. The Morgan fingerprint density at radius 3 is 3.09 bits per heavy atom. The molecule has 0 bridgehead atoms. The summed E-state index contributed by atoms with van der Waals surface area (Å²) in [6, 6.07) is 3.71. The first-order valence-electron chi connectivity index (χ1n) is 3.36. The van der Waals surface area contributed by atoms with Crippen LogP contribution in [0.5, 0.6) is 0 Å². The quantitative estimate of drug-likeness (QED) is 0.609. The summed E-state index contributed by atoms with van der Waals surface area (Å²) in [5.74, 6) is 0. The van der Waals surface area contributed by atoms with E-state index in [9.17, 15) is 4.79 Å². The van der Waals surface area contributed by atoms with Crippen molar-refractivity contribution in [2.75, 3.05) is 0 Å². The first-order valence-corrected chi connectivity index (χ1v) is 3.36. The molecule has 0 unspecified atom stereocenters. The van der Waals surface area contributed by atoms with Gasteiger partial charge in [0, 0.05) is 18.8 Å². The lowest BCUT2D eigenvalue weighted by Gasteiger charge is -1.98. The molecule has 1 aromatic rings. The Bertz CT molecular complexity index is 254. The van der Waals surface area contributed by atoms with Gasteiger partial charge < -0.3 is 4.79 Å². The van der Waals surface area contributed by atoms with Crippen LogP contribution < -0.4 is 0 Å². The van der Waals surface area contributed by atoms with Crippen molar-refractivity contribution in [1.29, 1.82) is 0 Å². The summed E-state index contributed by atoms with van der Waals surface area (Å²) in [5.41, 5.74) is 1.74. The van der Waals surface area contributed by atoms with Crippen LogP contribution in [-0.2, 0) is 4.79 Å². The molecule has 0 fully saturated rings. The molecule has 0 saturated carbocycles. The van der Waals surface area contributed by atoms with Crippen molar-refractivity contribution < 1.29 is 4.79 Å². The number of aldehydes is 1. The topological polar surface area (TPSA) is 30.0 Å². The van der Waals surface area contributed by atoms with E-state index in [1.807, 2.05) is 12.1 Å². The summed E-state index contributed by atoms with van der Waals surface area (Å²) in [7, 11) is 0. The fraction of sp³-hybridized carbons (Fsp3) is 0.111. The first kappa shape index (κ1) is 7.66. The van der Waals surface area contributed by atoms with Gasteiger partial charge in [-0.2, -0.15) is 0 Å². The van der Waals surface area contributed by atoms with Gasteiger partial charge in [-0.05, 0) is 17.2 Å². The van der Waals surface area contributed by atoms with Crippen LogP contribution in [0.3, 0.4) is 0 Å². The van der Waals surface area contributed by atoms with Crippen molar-refractivity contribution >= 4 is 11.9 Å². The second kappa shape index (κ2) is 3.66. The number of pyridine rings is 1. The zero-order chi connectivity index (χ0) is 8.10. The molecular formula is C9H9NO. The van der Waals surface area contributed by atoms with Gasteiger partial charge in [-0.1, -0.05) is 12.6 Å². The molecule has 1 rings (SSSR count). The highest BCUT2D eigenvalue weighted by molar-refractivity contribution is 5.75. The van der Waals surface area contributed by atoms with Crippen molar-refractivity contribution in [2.24, 2.45) is 0 Å². The highest BCUT2D eigenvalue weighted by Gasteiger charge is 1.95. The van der Waals surface area contributed by atoms with Gasteiger partial charge in [0.1, 0.15) is 6.29 Å². The second-order valence-electron chi connectivity index (χ2n) is 2.22. The predicted molar refractivity (Wildman–Crippen MR) is 44.0 cm³/mol. The maximum absolute atomic E-state index is 10.1. The van der Waals surface area contributed by atoms with Crippen LogP contribution in [0.1, 0.15) is 12.0 Å². The number of carbonyl (C=O) groups excluding carboxylic acids is 1. The minimum absolute atomic E-state index is 0.381. The van der Waals surface area contributed by atoms with E-state index in [4.69, 9.17) is 0 Å². The van der Waals surface area contributed by atoms with Gasteiger partial charge in [0.05, 0.1) is 0 Å². The Hall–Kier alpha value is -1.44. The van der Waals surface area contributed by atoms with Crippen LogP contribution in [-0.4, -0.2) is 11.3 Å². The Morgan fingerprint density at radius 2 is 2.55 bits per heavy atom. The van der Waals surface area contributed by atoms with Gasteiger partial charge in [-0.25, -0.2) is 0 Å². The lowest BCUT2D eigenvalue weighted by molar-refractivity contribution is -0.107. The molecule has 0 amide bonds. The molecule has 56 valence electrons. The molecule has 0 radical (unpaired) electrons. The summed E-state index contributed by atoms with van der Waals surface area (Å²) in [6.07, 6.45) is 4.62. The molecule has 0 aromatic carbocycles. The highest BCUT2D eigenvalue weighted by Crippen LogP contribution is 2.11. The second-order valence-corrected chi connectivity index (χ2v) is 2.22. The van der Waals surface area contributed by atoms with Crippen LogP contribution in [0.15, 0.2) is 31.1 Å². The third kappa shape index (κ3) is 2.00. The number of hydrogen-bond donors (Lipinski definition) is 0. The van der Waals surface area contributed by atoms with Crippen molar-refractivity contribution in [3.8, 4) is 0 Å². The number of hydrogen-bond acceptors (Lipinski definition) is 2. The first-order chi connectivity index (χ1) is 5.34. The standard InChI is InChI=1S/C9H9NO/c1-8(4-6-11)9-3-2-5-10-7-9/h2-3,5-7H,1,4H2. The summed E-state index contributed by atoms with van der Waals surface area (Å²) >= 11 is 0. The molecule has 0 aliphatic heterocycles. The van der Waals surface area contributed by atoms with E-state index in [2.05, 4.69) is 11.6 Å². The van der Waals surface area contributed by atoms with Crippen LogP contribution >= 0.6 is 0 Å². The van der Waals surface area contributed by atoms with E-state index in [1.165, 1.54) is 0 Å². The van der Waals surface area contributed by atoms with Crippen LogP contribution in [0.25, 0.3) is 5.57 Å². The molecular weight excluding hydrogens is 138 g/mol. The molecule has 0 aliphatic rings. The summed E-state index contributed by atoms with van der Waals surface area (Å²) in [6.45, 7) is 3.74. The van der Waals surface area contributed by atoms with E-state index in [-0.39, 0.29) is 0 Å². The van der Waals surface area contributed by atoms with E-state index < -0.39 is 0 Å². The average molecular weight is 147 g/mol. The average Bonchev–Trinajstić information content (AvgIpc) is 2.07. The molecule has 0 aliphatic carbocycles. The van der Waals surface area contributed by atoms with Gasteiger partial charge in [0.2, 0.25) is 0 Å². The van der Waals surface area contributed by atoms with E-state index >= 15 is 0 Å². The minimum atomic E-state index is 0.381. The van der Waals surface area contributed by atoms with Crippen molar-refractivity contribution in [2.45, 2.75) is 6.42 Å². The van der Waals surface area contributed by atoms with E-state index in [0.717, 1.165) is 17.4 Å². The SMILES string of the molecule is C=C(CC=O)c1cccnc1. The maximum atomic E-state index is 10.1. The highest BCUT2D eigenvalue weighted by atomic mass is 16.1. The summed E-state index contributed by atoms with van der Waals surface area (Å²) in [5, 5.41) is 0. The zero-order valence-electron chi connectivity index (χ0n) is 6.16. The van der Waals surface area contributed by atoms with Crippen molar-refractivity contribution in [1.82, 2.24) is 4.98 Å². The molecule has 0 atom stereocenters. The Kier molecular flexibility index (Phi) is 2.55. The molecule has 0 spiro atoms. The van der Waals surface area contributed by atoms with Crippen molar-refractivity contribution in [3.05, 3.63) is 36.7 Å². The van der Waals surface area contributed by atoms with Gasteiger partial charge in [-0.3, -0.25) is 4.98 Å². The summed E-state index contributed by atoms with van der Waals surface area (Å²) < 4.78 is 0. The third-order valence-corrected chi connectivity index (χ3v) is 1.40. The predicted octanol–water partition coefficient (Wildman–Crippen LogP) is 1.68. The van der Waals surface area contributed by atoms with Gasteiger partial charge in [0.15, 0.2) is 0 Å². The number of rotatable bonds is 3. The monoisotopic (exact) mass is 147 g/mol.